The Bertz CT molecular complexity index is 1240. The van der Waals surface area contributed by atoms with Crippen molar-refractivity contribution in [1.29, 1.82) is 0 Å². The number of methoxy groups -OCH3 is 1. The molecule has 3 rings (SSSR count). The molecular formula is C25H24N4O4S3. The second-order valence-electron chi connectivity index (χ2n) is 7.09. The highest BCUT2D eigenvalue weighted by molar-refractivity contribution is 8.03. The molecule has 0 saturated carbocycles. The Morgan fingerprint density at radius 2 is 1.97 bits per heavy atom. The highest BCUT2D eigenvalue weighted by Gasteiger charge is 2.12. The van der Waals surface area contributed by atoms with Gasteiger partial charge in [-0.25, -0.2) is 9.97 Å². The van der Waals surface area contributed by atoms with E-state index >= 15 is 0 Å². The zero-order valence-electron chi connectivity index (χ0n) is 19.4. The number of nitrogens with one attached hydrogen (secondary N) is 1. The van der Waals surface area contributed by atoms with Crippen molar-refractivity contribution >= 4 is 58.6 Å². The third-order valence-corrected chi connectivity index (χ3v) is 7.39. The summed E-state index contributed by atoms with van der Waals surface area (Å²) in [4.78, 5) is 38.7. The number of benzene rings is 1. The van der Waals surface area contributed by atoms with E-state index < -0.39 is 5.97 Å². The number of aliphatic carboxylic acids is 1. The fraction of sp³-hybridized carbons (Fsp3) is 0.160. The van der Waals surface area contributed by atoms with Gasteiger partial charge in [-0.05, 0) is 66.6 Å². The largest absolute Gasteiger partial charge is 0.497 e. The number of hydrogen-bond donors (Lipinski definition) is 2. The van der Waals surface area contributed by atoms with Crippen LogP contribution in [0.2, 0.25) is 0 Å². The molecule has 0 aliphatic carbocycles. The predicted molar refractivity (Wildman–Crippen MR) is 146 cm³/mol. The van der Waals surface area contributed by atoms with Crippen molar-refractivity contribution in [3.8, 4) is 5.75 Å². The Morgan fingerprint density at radius 1 is 1.17 bits per heavy atom. The molecule has 1 aromatic carbocycles. The molecule has 0 unspecified atom stereocenters. The average molecular weight is 541 g/mol. The van der Waals surface area contributed by atoms with Gasteiger partial charge in [-0.2, -0.15) is 0 Å². The zero-order chi connectivity index (χ0) is 25.8. The lowest BCUT2D eigenvalue weighted by atomic mass is 10.3. The summed E-state index contributed by atoms with van der Waals surface area (Å²) in [6.07, 6.45) is 7.44. The number of aliphatic imine (C=N–C) groups is 1. The Hall–Kier alpha value is -3.41. The van der Waals surface area contributed by atoms with Crippen molar-refractivity contribution in [2.75, 3.05) is 12.4 Å². The number of aryl methyl sites for hydroxylation is 1. The van der Waals surface area contributed by atoms with Gasteiger partial charge in [0.05, 0.1) is 20.0 Å². The first-order valence-electron chi connectivity index (χ1n) is 10.7. The lowest BCUT2D eigenvalue weighted by Gasteiger charge is -2.08. The number of pyridine rings is 1. The molecule has 0 radical (unpaired) electrons. The summed E-state index contributed by atoms with van der Waals surface area (Å²) < 4.78 is 5.22. The molecule has 0 atom stereocenters. The first kappa shape index (κ1) is 27.2. The molecule has 1 amide bonds. The molecule has 0 aliphatic heterocycles. The molecule has 0 aliphatic rings. The van der Waals surface area contributed by atoms with E-state index in [-0.39, 0.29) is 18.7 Å². The number of anilines is 1. The number of carboxylic acids is 1. The normalized spacial score (nSPS) is 11.7. The summed E-state index contributed by atoms with van der Waals surface area (Å²) in [7, 11) is 1.61. The molecule has 3 aromatic rings. The summed E-state index contributed by atoms with van der Waals surface area (Å²) >= 11 is 4.10. The number of hydrogen-bond acceptors (Lipinski definition) is 9. The summed E-state index contributed by atoms with van der Waals surface area (Å²) in [5.74, 6) is -0.364. The summed E-state index contributed by atoms with van der Waals surface area (Å²) in [5.41, 5.74) is 0. The maximum absolute atomic E-state index is 12.8. The van der Waals surface area contributed by atoms with E-state index in [0.717, 1.165) is 25.5 Å². The maximum Gasteiger partial charge on any atom is 0.303 e. The highest BCUT2D eigenvalue weighted by Crippen LogP contribution is 2.32. The third-order valence-electron chi connectivity index (χ3n) is 4.44. The van der Waals surface area contributed by atoms with Gasteiger partial charge in [-0.3, -0.25) is 14.6 Å². The van der Waals surface area contributed by atoms with Crippen LogP contribution in [0.4, 0.5) is 5.13 Å². The standard InChI is InChI=1S/C25H24N4O4S3/c1-26-22(36-23-5-3-4-14-27-23)12-10-19(34-18-8-6-17(33-2)7-9-18)15-21(30)29-25-28-16-20(35-25)11-13-24(31)32/h3-10,12,14,16H,1,11,13,15H2,2H3,(H,31,32)(H,28,29,30)/b19-10+,22-12+. The SMILES string of the molecule is C=N/C(=C\C=C(/CC(=O)Nc1ncc(CCC(=O)O)s1)Sc1ccc(OC)cc1)Sc1ccccn1. The van der Waals surface area contributed by atoms with Crippen LogP contribution in [0.15, 0.2) is 91.9 Å². The molecule has 0 fully saturated rings. The molecule has 2 N–H and O–H groups in total. The number of rotatable bonds is 13. The van der Waals surface area contributed by atoms with Crippen LogP contribution in [0, 0.1) is 0 Å². The molecule has 8 nitrogen and oxygen atoms in total. The summed E-state index contributed by atoms with van der Waals surface area (Å²) in [5, 5.41) is 13.5. The van der Waals surface area contributed by atoms with Crippen LogP contribution in [0.25, 0.3) is 0 Å². The second-order valence-corrected chi connectivity index (χ2v) is 10.4. The molecule has 0 saturated heterocycles. The van der Waals surface area contributed by atoms with Crippen LogP contribution in [-0.2, 0) is 16.0 Å². The number of allylic oxidation sites excluding steroid dienone is 2. The van der Waals surface area contributed by atoms with Crippen molar-refractivity contribution in [3.05, 3.63) is 81.8 Å². The van der Waals surface area contributed by atoms with Gasteiger partial charge in [-0.1, -0.05) is 29.6 Å². The van der Waals surface area contributed by atoms with Gasteiger partial charge >= 0.3 is 5.97 Å². The number of aromatic nitrogens is 2. The number of carbonyl (C=O) groups is 2. The van der Waals surface area contributed by atoms with Crippen LogP contribution < -0.4 is 10.1 Å². The number of carbonyl (C=O) groups excluding carboxylic acids is 1. The van der Waals surface area contributed by atoms with Crippen LogP contribution >= 0.6 is 34.9 Å². The van der Waals surface area contributed by atoms with Crippen LogP contribution in [0.3, 0.4) is 0 Å². The minimum atomic E-state index is -0.873. The van der Waals surface area contributed by atoms with E-state index in [9.17, 15) is 9.59 Å². The van der Waals surface area contributed by atoms with Crippen molar-refractivity contribution in [2.24, 2.45) is 4.99 Å². The molecule has 0 spiro atoms. The van der Waals surface area contributed by atoms with E-state index in [4.69, 9.17) is 9.84 Å². The van der Waals surface area contributed by atoms with E-state index in [1.165, 1.54) is 34.9 Å². The smallest absolute Gasteiger partial charge is 0.303 e. The molecule has 11 heteroatoms. The first-order valence-corrected chi connectivity index (χ1v) is 13.1. The monoisotopic (exact) mass is 540 g/mol. The Morgan fingerprint density at radius 3 is 2.64 bits per heavy atom. The van der Waals surface area contributed by atoms with Gasteiger partial charge in [0.25, 0.3) is 0 Å². The molecule has 36 heavy (non-hydrogen) atoms. The lowest BCUT2D eigenvalue weighted by molar-refractivity contribution is -0.137. The Labute approximate surface area is 221 Å². The number of thiazole rings is 1. The number of nitrogens with zero attached hydrogens (tertiary/aromatic N) is 3. The maximum atomic E-state index is 12.8. The van der Waals surface area contributed by atoms with E-state index in [1.807, 2.05) is 48.5 Å². The number of amides is 1. The van der Waals surface area contributed by atoms with Gasteiger partial charge in [0.15, 0.2) is 5.13 Å². The number of thioether (sulfide) groups is 2. The van der Waals surface area contributed by atoms with Crippen LogP contribution in [0.5, 0.6) is 5.75 Å². The first-order chi connectivity index (χ1) is 17.4. The minimum absolute atomic E-state index is 0.0173. The molecule has 186 valence electrons. The second kappa shape index (κ2) is 14.2. The van der Waals surface area contributed by atoms with Crippen molar-refractivity contribution < 1.29 is 19.4 Å². The van der Waals surface area contributed by atoms with E-state index in [2.05, 4.69) is 27.0 Å². The zero-order valence-corrected chi connectivity index (χ0v) is 21.9. The molecular weight excluding hydrogens is 517 g/mol. The van der Waals surface area contributed by atoms with E-state index in [0.29, 0.717) is 16.6 Å². The van der Waals surface area contributed by atoms with E-state index in [1.54, 1.807) is 25.6 Å². The Kier molecular flexibility index (Phi) is 10.7. The molecule has 2 aromatic heterocycles. The number of ether oxygens (including phenoxy) is 1. The van der Waals surface area contributed by atoms with Crippen molar-refractivity contribution in [1.82, 2.24) is 9.97 Å². The Balaban J connectivity index is 1.74. The third kappa shape index (κ3) is 9.33. The quantitative estimate of drug-likeness (QED) is 0.156. The fourth-order valence-corrected chi connectivity index (χ4v) is 5.17. The summed E-state index contributed by atoms with van der Waals surface area (Å²) in [6, 6.07) is 13.2. The average Bonchev–Trinajstić information content (AvgIpc) is 3.33. The fourth-order valence-electron chi connectivity index (χ4n) is 2.75. The summed E-state index contributed by atoms with van der Waals surface area (Å²) in [6.45, 7) is 3.64. The minimum Gasteiger partial charge on any atom is -0.497 e. The lowest BCUT2D eigenvalue weighted by Crippen LogP contribution is -2.11. The van der Waals surface area contributed by atoms with Crippen molar-refractivity contribution in [3.63, 3.8) is 0 Å². The van der Waals surface area contributed by atoms with Gasteiger partial charge in [0.2, 0.25) is 5.91 Å². The predicted octanol–water partition coefficient (Wildman–Crippen LogP) is 5.90. The van der Waals surface area contributed by atoms with Crippen LogP contribution in [0.1, 0.15) is 17.7 Å². The van der Waals surface area contributed by atoms with Gasteiger partial charge < -0.3 is 15.2 Å². The van der Waals surface area contributed by atoms with Crippen molar-refractivity contribution in [2.45, 2.75) is 29.2 Å². The van der Waals surface area contributed by atoms with Gasteiger partial charge in [-0.15, -0.1) is 11.3 Å². The van der Waals surface area contributed by atoms with Gasteiger partial charge in [0, 0.05) is 22.2 Å². The highest BCUT2D eigenvalue weighted by atomic mass is 32.2. The number of carboxylic acid groups (broad SMARTS) is 1. The molecule has 2 heterocycles. The molecule has 0 bridgehead atoms. The van der Waals surface area contributed by atoms with Gasteiger partial charge in [0.1, 0.15) is 15.8 Å². The topological polar surface area (TPSA) is 114 Å². The van der Waals surface area contributed by atoms with Crippen LogP contribution in [-0.4, -0.2) is 40.8 Å².